The lowest BCUT2D eigenvalue weighted by Gasteiger charge is -2.07. The van der Waals surface area contributed by atoms with Crippen molar-refractivity contribution in [2.45, 2.75) is 13.3 Å². The Morgan fingerprint density at radius 2 is 2.18 bits per heavy atom. The summed E-state index contributed by atoms with van der Waals surface area (Å²) < 4.78 is 29.5. The quantitative estimate of drug-likeness (QED) is 0.463. The molecule has 92 valence electrons. The molecule has 0 amide bonds. The average molecular weight is 246 g/mol. The Kier molecular flexibility index (Phi) is 3.66. The first-order chi connectivity index (χ1) is 7.88. The number of hydrogen-bond acceptors (Lipinski definition) is 5. The number of carbonyl (C=O) groups is 1. The molecular formula is C9H8F2N2O4. The van der Waals surface area contributed by atoms with E-state index in [1.807, 2.05) is 0 Å². The predicted octanol–water partition coefficient (Wildman–Crippen LogP) is 2.02. The lowest BCUT2D eigenvalue weighted by atomic mass is 10.1. The number of aromatic nitrogens is 1. The highest BCUT2D eigenvalue weighted by atomic mass is 19.3. The number of methoxy groups -OCH3 is 1. The molecule has 0 saturated carbocycles. The SMILES string of the molecule is COC(=O)c1nc(C)c([N+](=O)[O-])cc1C(F)F. The first-order valence-electron chi connectivity index (χ1n) is 4.40. The van der Waals surface area contributed by atoms with E-state index in [0.29, 0.717) is 6.07 Å². The van der Waals surface area contributed by atoms with Crippen molar-refractivity contribution in [1.29, 1.82) is 0 Å². The van der Waals surface area contributed by atoms with Gasteiger partial charge >= 0.3 is 5.97 Å². The summed E-state index contributed by atoms with van der Waals surface area (Å²) in [5.74, 6) is -1.06. The lowest BCUT2D eigenvalue weighted by Crippen LogP contribution is -2.11. The van der Waals surface area contributed by atoms with Gasteiger partial charge in [0.15, 0.2) is 5.69 Å². The van der Waals surface area contributed by atoms with E-state index in [9.17, 15) is 23.7 Å². The number of aryl methyl sites for hydroxylation is 1. The van der Waals surface area contributed by atoms with E-state index < -0.39 is 34.3 Å². The molecule has 0 aliphatic carbocycles. The van der Waals surface area contributed by atoms with E-state index in [2.05, 4.69) is 9.72 Å². The standard InChI is InChI=1S/C9H8F2N2O4/c1-4-6(13(15)16)3-5(8(10)11)7(12-4)9(14)17-2/h3,8H,1-2H3. The Morgan fingerprint density at radius 3 is 2.59 bits per heavy atom. The molecule has 0 aliphatic rings. The number of rotatable bonds is 3. The van der Waals surface area contributed by atoms with Crippen LogP contribution in [-0.2, 0) is 4.74 Å². The summed E-state index contributed by atoms with van der Waals surface area (Å²) in [5, 5.41) is 10.6. The first kappa shape index (κ1) is 12.9. The van der Waals surface area contributed by atoms with Crippen LogP contribution in [0.5, 0.6) is 0 Å². The van der Waals surface area contributed by atoms with Gasteiger partial charge < -0.3 is 4.74 Å². The normalized spacial score (nSPS) is 10.4. The maximum atomic E-state index is 12.6. The fourth-order valence-electron chi connectivity index (χ4n) is 1.22. The molecule has 0 fully saturated rings. The van der Waals surface area contributed by atoms with Gasteiger partial charge in [0.25, 0.3) is 12.1 Å². The van der Waals surface area contributed by atoms with Crippen molar-refractivity contribution in [3.05, 3.63) is 33.1 Å². The number of alkyl halides is 2. The predicted molar refractivity (Wildman–Crippen MR) is 51.9 cm³/mol. The topological polar surface area (TPSA) is 82.3 Å². The van der Waals surface area contributed by atoms with Crippen molar-refractivity contribution in [3.63, 3.8) is 0 Å². The first-order valence-corrected chi connectivity index (χ1v) is 4.40. The number of hydrogen-bond donors (Lipinski definition) is 0. The van der Waals surface area contributed by atoms with Crippen molar-refractivity contribution in [2.75, 3.05) is 7.11 Å². The number of carbonyl (C=O) groups excluding carboxylic acids is 1. The number of pyridine rings is 1. The third-order valence-electron chi connectivity index (χ3n) is 2.03. The van der Waals surface area contributed by atoms with Gasteiger partial charge in [0.05, 0.1) is 17.6 Å². The number of ether oxygens (including phenoxy) is 1. The van der Waals surface area contributed by atoms with Crippen LogP contribution < -0.4 is 0 Å². The van der Waals surface area contributed by atoms with E-state index in [1.165, 1.54) is 6.92 Å². The summed E-state index contributed by atoms with van der Waals surface area (Å²) in [6, 6.07) is 0.638. The fraction of sp³-hybridized carbons (Fsp3) is 0.333. The molecule has 0 aliphatic heterocycles. The molecule has 6 nitrogen and oxygen atoms in total. The summed E-state index contributed by atoms with van der Waals surface area (Å²) in [6.45, 7) is 1.25. The fourth-order valence-corrected chi connectivity index (χ4v) is 1.22. The Balaban J connectivity index is 3.46. The maximum Gasteiger partial charge on any atom is 0.357 e. The highest BCUT2D eigenvalue weighted by Gasteiger charge is 2.26. The third-order valence-corrected chi connectivity index (χ3v) is 2.03. The lowest BCUT2D eigenvalue weighted by molar-refractivity contribution is -0.385. The number of esters is 1. The zero-order valence-corrected chi connectivity index (χ0v) is 8.94. The van der Waals surface area contributed by atoms with Gasteiger partial charge in [-0.25, -0.2) is 18.6 Å². The maximum absolute atomic E-state index is 12.6. The smallest absolute Gasteiger partial charge is 0.357 e. The van der Waals surface area contributed by atoms with Crippen LogP contribution in [-0.4, -0.2) is 23.0 Å². The average Bonchev–Trinajstić information content (AvgIpc) is 2.26. The zero-order chi connectivity index (χ0) is 13.2. The molecule has 1 aromatic rings. The zero-order valence-electron chi connectivity index (χ0n) is 8.94. The molecule has 1 rings (SSSR count). The van der Waals surface area contributed by atoms with Crippen molar-refractivity contribution in [2.24, 2.45) is 0 Å². The van der Waals surface area contributed by atoms with Crippen molar-refractivity contribution >= 4 is 11.7 Å². The molecule has 0 radical (unpaired) electrons. The van der Waals surface area contributed by atoms with E-state index in [0.717, 1.165) is 7.11 Å². The van der Waals surface area contributed by atoms with Gasteiger partial charge in [0.1, 0.15) is 5.69 Å². The monoisotopic (exact) mass is 246 g/mol. The van der Waals surface area contributed by atoms with E-state index in [1.54, 1.807) is 0 Å². The highest BCUT2D eigenvalue weighted by molar-refractivity contribution is 5.89. The number of nitro groups is 1. The van der Waals surface area contributed by atoms with Gasteiger partial charge in [-0.3, -0.25) is 10.1 Å². The van der Waals surface area contributed by atoms with Gasteiger partial charge in [-0.15, -0.1) is 0 Å². The Hall–Kier alpha value is -2.12. The van der Waals surface area contributed by atoms with Crippen molar-refractivity contribution in [3.8, 4) is 0 Å². The van der Waals surface area contributed by atoms with Crippen molar-refractivity contribution < 1.29 is 23.2 Å². The Bertz CT molecular complexity index is 476. The highest BCUT2D eigenvalue weighted by Crippen LogP contribution is 2.28. The van der Waals surface area contributed by atoms with Crippen LogP contribution in [0.15, 0.2) is 6.07 Å². The molecule has 17 heavy (non-hydrogen) atoms. The van der Waals surface area contributed by atoms with Crippen LogP contribution in [0.25, 0.3) is 0 Å². The van der Waals surface area contributed by atoms with Crippen LogP contribution in [0.2, 0.25) is 0 Å². The van der Waals surface area contributed by atoms with Gasteiger partial charge in [0.2, 0.25) is 0 Å². The number of halogens is 2. The summed E-state index contributed by atoms with van der Waals surface area (Å²) in [6.07, 6.45) is -3.05. The minimum atomic E-state index is -3.05. The second kappa shape index (κ2) is 4.81. The molecule has 0 N–H and O–H groups in total. The van der Waals surface area contributed by atoms with E-state index >= 15 is 0 Å². The molecule has 0 unspecified atom stereocenters. The summed E-state index contributed by atoms with van der Waals surface area (Å²) in [5.41, 5.74) is -2.10. The molecule has 1 aromatic heterocycles. The van der Waals surface area contributed by atoms with Crippen LogP contribution in [0.4, 0.5) is 14.5 Å². The van der Waals surface area contributed by atoms with E-state index in [-0.39, 0.29) is 5.69 Å². The van der Waals surface area contributed by atoms with Gasteiger partial charge in [-0.1, -0.05) is 0 Å². The Labute approximate surface area is 94.4 Å². The van der Waals surface area contributed by atoms with Gasteiger partial charge in [0, 0.05) is 6.07 Å². The van der Waals surface area contributed by atoms with Crippen LogP contribution in [0.3, 0.4) is 0 Å². The van der Waals surface area contributed by atoms with E-state index in [4.69, 9.17) is 0 Å². The molecule has 0 saturated heterocycles. The third kappa shape index (κ3) is 2.52. The second-order valence-corrected chi connectivity index (χ2v) is 3.08. The molecule has 1 heterocycles. The molecule has 0 aromatic carbocycles. The van der Waals surface area contributed by atoms with Gasteiger partial charge in [-0.05, 0) is 6.92 Å². The molecule has 8 heteroatoms. The summed E-state index contributed by atoms with van der Waals surface area (Å²) in [4.78, 5) is 24.4. The largest absolute Gasteiger partial charge is 0.464 e. The Morgan fingerprint density at radius 1 is 1.59 bits per heavy atom. The number of nitrogens with zero attached hydrogens (tertiary/aromatic N) is 2. The van der Waals surface area contributed by atoms with Crippen LogP contribution >= 0.6 is 0 Å². The summed E-state index contributed by atoms with van der Waals surface area (Å²) in [7, 11) is 1.01. The van der Waals surface area contributed by atoms with Gasteiger partial charge in [-0.2, -0.15) is 0 Å². The second-order valence-electron chi connectivity index (χ2n) is 3.08. The minimum absolute atomic E-state index is 0.125. The van der Waals surface area contributed by atoms with Crippen LogP contribution in [0, 0.1) is 17.0 Å². The molecule has 0 spiro atoms. The molecular weight excluding hydrogens is 238 g/mol. The summed E-state index contributed by atoms with van der Waals surface area (Å²) >= 11 is 0. The van der Waals surface area contributed by atoms with Crippen molar-refractivity contribution in [1.82, 2.24) is 4.98 Å². The van der Waals surface area contributed by atoms with Crippen LogP contribution in [0.1, 0.15) is 28.2 Å². The minimum Gasteiger partial charge on any atom is -0.464 e. The molecule has 0 atom stereocenters. The molecule has 0 bridgehead atoms.